The van der Waals surface area contributed by atoms with Crippen molar-refractivity contribution in [1.29, 1.82) is 0 Å². The Morgan fingerprint density at radius 3 is 1.84 bits per heavy atom. The molecule has 0 radical (unpaired) electrons. The Morgan fingerprint density at radius 1 is 1.11 bits per heavy atom. The second kappa shape index (κ2) is 9.43. The fraction of sp³-hybridized carbons (Fsp3) is 0.917. The van der Waals surface area contributed by atoms with Crippen molar-refractivity contribution in [1.82, 2.24) is 5.32 Å². The molecule has 0 rings (SSSR count). The largest absolute Gasteiger partial charge is 0.505 e. The van der Waals surface area contributed by atoms with Crippen LogP contribution in [0.5, 0.6) is 0 Å². The van der Waals surface area contributed by atoms with E-state index in [4.69, 9.17) is 18.4 Å². The highest BCUT2D eigenvalue weighted by atomic mass is 28.4. The summed E-state index contributed by atoms with van der Waals surface area (Å²) in [6.45, 7) is 10.9. The van der Waals surface area contributed by atoms with Gasteiger partial charge in [0, 0.05) is 31.9 Å². The molecule has 0 aromatic heterocycles. The predicted octanol–water partition coefficient (Wildman–Crippen LogP) is 0.922. The molecule has 0 spiro atoms. The molecule has 0 saturated carbocycles. The Labute approximate surface area is 116 Å². The molecule has 19 heavy (non-hydrogen) atoms. The fourth-order valence-electron chi connectivity index (χ4n) is 1.68. The molecule has 0 aliphatic rings. The van der Waals surface area contributed by atoms with Crippen LogP contribution in [-0.4, -0.2) is 52.3 Å². The Kier molecular flexibility index (Phi) is 9.20. The van der Waals surface area contributed by atoms with Gasteiger partial charge in [0.2, 0.25) is 5.91 Å². The third-order valence-electron chi connectivity index (χ3n) is 2.60. The summed E-state index contributed by atoms with van der Waals surface area (Å²) < 4.78 is 17.2. The zero-order valence-electron chi connectivity index (χ0n) is 12.6. The van der Waals surface area contributed by atoms with Crippen molar-refractivity contribution in [2.45, 2.75) is 46.3 Å². The SMILES string of the molecule is CCO[Si](OCC)(OCC)C(C)CNC(=O)C(C)O. The lowest BCUT2D eigenvalue weighted by Gasteiger charge is -2.33. The second-order valence-corrected chi connectivity index (χ2v) is 7.28. The van der Waals surface area contributed by atoms with Crippen LogP contribution < -0.4 is 5.32 Å². The molecule has 0 heterocycles. The summed E-state index contributed by atoms with van der Waals surface area (Å²) in [7, 11) is -2.80. The van der Waals surface area contributed by atoms with E-state index >= 15 is 0 Å². The van der Waals surface area contributed by atoms with Gasteiger partial charge in [0.25, 0.3) is 0 Å². The average Bonchev–Trinajstić information content (AvgIpc) is 2.36. The summed E-state index contributed by atoms with van der Waals surface area (Å²) in [5.41, 5.74) is -0.0740. The quantitative estimate of drug-likeness (QED) is 0.586. The van der Waals surface area contributed by atoms with E-state index in [-0.39, 0.29) is 5.54 Å². The first-order valence-electron chi connectivity index (χ1n) is 6.81. The molecule has 1 amide bonds. The first-order valence-corrected chi connectivity index (χ1v) is 8.61. The number of nitrogens with one attached hydrogen (secondary N) is 1. The van der Waals surface area contributed by atoms with Gasteiger partial charge in [-0.3, -0.25) is 4.79 Å². The number of hydrogen-bond donors (Lipinski definition) is 2. The van der Waals surface area contributed by atoms with Gasteiger partial charge in [0.15, 0.2) is 0 Å². The van der Waals surface area contributed by atoms with Crippen LogP contribution in [0.4, 0.5) is 0 Å². The summed E-state index contributed by atoms with van der Waals surface area (Å²) in [6, 6.07) is 0. The summed E-state index contributed by atoms with van der Waals surface area (Å²) >= 11 is 0. The fourth-order valence-corrected chi connectivity index (χ4v) is 4.34. The van der Waals surface area contributed by atoms with Crippen LogP contribution in [0.3, 0.4) is 0 Å². The number of rotatable bonds is 10. The minimum atomic E-state index is -2.80. The van der Waals surface area contributed by atoms with Crippen molar-refractivity contribution in [3.8, 4) is 0 Å². The van der Waals surface area contributed by atoms with E-state index in [1.165, 1.54) is 6.92 Å². The molecule has 114 valence electrons. The third-order valence-corrected chi connectivity index (χ3v) is 6.09. The Morgan fingerprint density at radius 2 is 1.53 bits per heavy atom. The lowest BCUT2D eigenvalue weighted by Crippen LogP contribution is -2.53. The molecular weight excluding hydrogens is 266 g/mol. The highest BCUT2D eigenvalue weighted by Crippen LogP contribution is 2.25. The van der Waals surface area contributed by atoms with E-state index in [2.05, 4.69) is 5.32 Å². The summed E-state index contributed by atoms with van der Waals surface area (Å²) in [5, 5.41) is 11.8. The molecule has 0 aliphatic heterocycles. The molecular formula is C12H27NO5Si. The average molecular weight is 293 g/mol. The zero-order valence-corrected chi connectivity index (χ0v) is 13.6. The van der Waals surface area contributed by atoms with Crippen LogP contribution in [0.1, 0.15) is 34.6 Å². The first-order chi connectivity index (χ1) is 8.93. The maximum absolute atomic E-state index is 11.4. The molecule has 7 heteroatoms. The minimum Gasteiger partial charge on any atom is -0.384 e. The molecule has 2 unspecified atom stereocenters. The van der Waals surface area contributed by atoms with Crippen molar-refractivity contribution in [3.05, 3.63) is 0 Å². The van der Waals surface area contributed by atoms with E-state index in [1.807, 2.05) is 27.7 Å². The molecule has 2 N–H and O–H groups in total. The maximum atomic E-state index is 11.4. The highest BCUT2D eigenvalue weighted by Gasteiger charge is 2.46. The molecule has 2 atom stereocenters. The normalized spacial score (nSPS) is 15.1. The van der Waals surface area contributed by atoms with Crippen LogP contribution in [0.15, 0.2) is 0 Å². The number of hydrogen-bond acceptors (Lipinski definition) is 5. The van der Waals surface area contributed by atoms with Gasteiger partial charge in [-0.1, -0.05) is 6.92 Å². The number of amides is 1. The predicted molar refractivity (Wildman–Crippen MR) is 74.7 cm³/mol. The van der Waals surface area contributed by atoms with Gasteiger partial charge in [-0.2, -0.15) is 0 Å². The van der Waals surface area contributed by atoms with Gasteiger partial charge in [-0.25, -0.2) is 0 Å². The summed E-state index contributed by atoms with van der Waals surface area (Å²) in [5.74, 6) is -0.403. The lowest BCUT2D eigenvalue weighted by molar-refractivity contribution is -0.128. The molecule has 0 bridgehead atoms. The number of carbonyl (C=O) groups excluding carboxylic acids is 1. The van der Waals surface area contributed by atoms with Gasteiger partial charge >= 0.3 is 8.80 Å². The number of aliphatic hydroxyl groups is 1. The van der Waals surface area contributed by atoms with Gasteiger partial charge < -0.3 is 23.7 Å². The van der Waals surface area contributed by atoms with Gasteiger partial charge in [0.05, 0.1) is 0 Å². The molecule has 0 fully saturated rings. The molecule has 0 aromatic rings. The summed E-state index contributed by atoms with van der Waals surface area (Å²) in [4.78, 5) is 11.4. The Bertz CT molecular complexity index is 245. The Balaban J connectivity index is 4.67. The van der Waals surface area contributed by atoms with Crippen molar-refractivity contribution in [2.75, 3.05) is 26.4 Å². The van der Waals surface area contributed by atoms with Crippen molar-refractivity contribution in [2.24, 2.45) is 0 Å². The first kappa shape index (κ1) is 18.5. The minimum absolute atomic E-state index is 0.0740. The van der Waals surface area contributed by atoms with Crippen LogP contribution in [-0.2, 0) is 18.1 Å². The van der Waals surface area contributed by atoms with Crippen molar-refractivity contribution < 1.29 is 23.2 Å². The molecule has 0 aromatic carbocycles. The highest BCUT2D eigenvalue weighted by molar-refractivity contribution is 6.62. The molecule has 6 nitrogen and oxygen atoms in total. The van der Waals surface area contributed by atoms with Gasteiger partial charge in [-0.05, 0) is 27.7 Å². The lowest BCUT2D eigenvalue weighted by atomic mass is 10.3. The van der Waals surface area contributed by atoms with Crippen molar-refractivity contribution in [3.63, 3.8) is 0 Å². The van der Waals surface area contributed by atoms with Crippen LogP contribution >= 0.6 is 0 Å². The second-order valence-electron chi connectivity index (χ2n) is 4.22. The molecule has 0 saturated heterocycles. The monoisotopic (exact) mass is 293 g/mol. The van der Waals surface area contributed by atoms with Crippen LogP contribution in [0.2, 0.25) is 5.54 Å². The van der Waals surface area contributed by atoms with E-state index in [0.717, 1.165) is 0 Å². The van der Waals surface area contributed by atoms with Gasteiger partial charge in [-0.15, -0.1) is 0 Å². The maximum Gasteiger partial charge on any atom is 0.505 e. The zero-order chi connectivity index (χ0) is 14.9. The van der Waals surface area contributed by atoms with E-state index in [9.17, 15) is 4.79 Å². The standard InChI is InChI=1S/C12H27NO5Si/c1-6-16-19(17-7-2,18-8-3)10(4)9-13-12(15)11(5)14/h10-11,14H,6-9H2,1-5H3,(H,13,15). The van der Waals surface area contributed by atoms with Crippen molar-refractivity contribution >= 4 is 14.7 Å². The van der Waals surface area contributed by atoms with Crippen LogP contribution in [0, 0.1) is 0 Å². The topological polar surface area (TPSA) is 77.0 Å². The van der Waals surface area contributed by atoms with E-state index in [1.54, 1.807) is 0 Å². The van der Waals surface area contributed by atoms with E-state index in [0.29, 0.717) is 26.4 Å². The van der Waals surface area contributed by atoms with E-state index < -0.39 is 20.8 Å². The third kappa shape index (κ3) is 6.00. The van der Waals surface area contributed by atoms with Crippen LogP contribution in [0.25, 0.3) is 0 Å². The number of carbonyl (C=O) groups is 1. The summed E-state index contributed by atoms with van der Waals surface area (Å²) in [6.07, 6.45) is -1.02. The molecule has 0 aliphatic carbocycles. The Hall–Kier alpha value is -0.473. The van der Waals surface area contributed by atoms with Gasteiger partial charge in [0.1, 0.15) is 6.10 Å². The number of aliphatic hydroxyl groups excluding tert-OH is 1. The smallest absolute Gasteiger partial charge is 0.384 e.